The van der Waals surface area contributed by atoms with Crippen LogP contribution in [-0.2, 0) is 27.5 Å². The molecule has 4 rings (SSSR count). The predicted molar refractivity (Wildman–Crippen MR) is 120 cm³/mol. The Hall–Kier alpha value is -4.46. The van der Waals surface area contributed by atoms with Crippen LogP contribution in [0.1, 0.15) is 11.1 Å². The van der Waals surface area contributed by atoms with Crippen LogP contribution in [0.4, 0.5) is 10.5 Å². The highest BCUT2D eigenvalue weighted by molar-refractivity contribution is 6.45. The fraction of sp³-hybridized carbons (Fsp3) is 0.120. The Bertz CT molecular complexity index is 1160. The lowest BCUT2D eigenvalue weighted by Crippen LogP contribution is -2.38. The SMILES string of the molecule is O=C(CN1C(=O)C(=O)N(Cc2ccccc2)C1=O)Nc1ccc(OCc2ccccc2)cc1. The number of rotatable bonds is 8. The first-order valence-corrected chi connectivity index (χ1v) is 10.3. The van der Waals surface area contributed by atoms with Gasteiger partial charge in [-0.25, -0.2) is 9.69 Å². The number of benzene rings is 3. The molecule has 0 spiro atoms. The Morgan fingerprint density at radius 1 is 0.727 bits per heavy atom. The topological polar surface area (TPSA) is 96.0 Å². The maximum absolute atomic E-state index is 12.6. The van der Waals surface area contributed by atoms with Crippen LogP contribution in [0.5, 0.6) is 5.75 Å². The van der Waals surface area contributed by atoms with Gasteiger partial charge in [-0.3, -0.25) is 19.3 Å². The zero-order valence-corrected chi connectivity index (χ0v) is 17.6. The van der Waals surface area contributed by atoms with E-state index < -0.39 is 30.3 Å². The number of nitrogens with one attached hydrogen (secondary N) is 1. The summed E-state index contributed by atoms with van der Waals surface area (Å²) >= 11 is 0. The molecule has 1 fully saturated rings. The van der Waals surface area contributed by atoms with Crippen LogP contribution in [0.3, 0.4) is 0 Å². The summed E-state index contributed by atoms with van der Waals surface area (Å²) in [4.78, 5) is 51.0. The van der Waals surface area contributed by atoms with Gasteiger partial charge in [0.25, 0.3) is 0 Å². The molecule has 166 valence electrons. The lowest BCUT2D eigenvalue weighted by atomic mass is 10.2. The van der Waals surface area contributed by atoms with Crippen molar-refractivity contribution < 1.29 is 23.9 Å². The fourth-order valence-corrected chi connectivity index (χ4v) is 3.31. The molecule has 1 saturated heterocycles. The van der Waals surface area contributed by atoms with Crippen LogP contribution in [0.15, 0.2) is 84.9 Å². The molecule has 33 heavy (non-hydrogen) atoms. The van der Waals surface area contributed by atoms with E-state index in [4.69, 9.17) is 4.74 Å². The molecule has 0 saturated carbocycles. The van der Waals surface area contributed by atoms with Gasteiger partial charge in [-0.05, 0) is 35.4 Å². The number of carbonyl (C=O) groups excluding carboxylic acids is 4. The molecule has 0 aromatic heterocycles. The molecule has 1 N–H and O–H groups in total. The Labute approximate surface area is 190 Å². The van der Waals surface area contributed by atoms with Crippen molar-refractivity contribution in [1.82, 2.24) is 9.80 Å². The molecule has 0 atom stereocenters. The maximum atomic E-state index is 12.6. The zero-order chi connectivity index (χ0) is 23.2. The number of imide groups is 2. The molecule has 3 aromatic rings. The molecule has 0 unspecified atom stereocenters. The number of urea groups is 1. The van der Waals surface area contributed by atoms with Crippen LogP contribution in [0.2, 0.25) is 0 Å². The number of nitrogens with zero attached hydrogens (tertiary/aromatic N) is 2. The van der Waals surface area contributed by atoms with Crippen LogP contribution >= 0.6 is 0 Å². The third kappa shape index (κ3) is 5.24. The number of ether oxygens (including phenoxy) is 1. The second-order valence-corrected chi connectivity index (χ2v) is 7.40. The number of hydrogen-bond donors (Lipinski definition) is 1. The van der Waals surface area contributed by atoms with Crippen molar-refractivity contribution in [2.24, 2.45) is 0 Å². The summed E-state index contributed by atoms with van der Waals surface area (Å²) < 4.78 is 5.71. The number of amides is 5. The Kier molecular flexibility index (Phi) is 6.45. The van der Waals surface area contributed by atoms with E-state index in [0.29, 0.717) is 28.5 Å². The Balaban J connectivity index is 1.32. The largest absolute Gasteiger partial charge is 0.489 e. The number of carbonyl (C=O) groups is 4. The molecule has 0 bridgehead atoms. The minimum Gasteiger partial charge on any atom is -0.489 e. The molecule has 1 aliphatic rings. The highest BCUT2D eigenvalue weighted by atomic mass is 16.5. The normalized spacial score (nSPS) is 13.4. The summed E-state index contributed by atoms with van der Waals surface area (Å²) in [7, 11) is 0. The van der Waals surface area contributed by atoms with E-state index in [1.54, 1.807) is 54.6 Å². The molecule has 1 aliphatic heterocycles. The monoisotopic (exact) mass is 443 g/mol. The van der Waals surface area contributed by atoms with Crippen LogP contribution in [0, 0.1) is 0 Å². The molecule has 8 heteroatoms. The first-order valence-electron chi connectivity index (χ1n) is 10.3. The summed E-state index contributed by atoms with van der Waals surface area (Å²) in [6.45, 7) is -0.174. The third-order valence-electron chi connectivity index (χ3n) is 5.01. The summed E-state index contributed by atoms with van der Waals surface area (Å²) in [5.74, 6) is -1.93. The van der Waals surface area contributed by atoms with Crippen molar-refractivity contribution in [1.29, 1.82) is 0 Å². The minimum atomic E-state index is -1.02. The smallest absolute Gasteiger partial charge is 0.335 e. The van der Waals surface area contributed by atoms with Gasteiger partial charge in [0.2, 0.25) is 5.91 Å². The third-order valence-corrected chi connectivity index (χ3v) is 5.01. The van der Waals surface area contributed by atoms with E-state index in [0.717, 1.165) is 10.5 Å². The maximum Gasteiger partial charge on any atom is 0.335 e. The predicted octanol–water partition coefficient (Wildman–Crippen LogP) is 3.20. The molecule has 3 aromatic carbocycles. The van der Waals surface area contributed by atoms with Crippen LogP contribution < -0.4 is 10.1 Å². The second kappa shape index (κ2) is 9.78. The number of hydrogen-bond acceptors (Lipinski definition) is 5. The van der Waals surface area contributed by atoms with E-state index in [9.17, 15) is 19.2 Å². The Morgan fingerprint density at radius 3 is 1.94 bits per heavy atom. The van der Waals surface area contributed by atoms with E-state index in [1.807, 2.05) is 30.3 Å². The molecule has 8 nitrogen and oxygen atoms in total. The molecular weight excluding hydrogens is 422 g/mol. The van der Waals surface area contributed by atoms with Gasteiger partial charge in [-0.15, -0.1) is 0 Å². The lowest BCUT2D eigenvalue weighted by molar-refractivity contribution is -0.143. The van der Waals surface area contributed by atoms with Gasteiger partial charge in [-0.2, -0.15) is 0 Å². The van der Waals surface area contributed by atoms with Gasteiger partial charge in [0.15, 0.2) is 0 Å². The highest BCUT2D eigenvalue weighted by Gasteiger charge is 2.45. The van der Waals surface area contributed by atoms with Crippen molar-refractivity contribution in [2.45, 2.75) is 13.2 Å². The van der Waals surface area contributed by atoms with Gasteiger partial charge in [0.1, 0.15) is 18.9 Å². The lowest BCUT2D eigenvalue weighted by Gasteiger charge is -2.15. The fourth-order valence-electron chi connectivity index (χ4n) is 3.31. The van der Waals surface area contributed by atoms with Crippen molar-refractivity contribution in [3.8, 4) is 5.75 Å². The van der Waals surface area contributed by atoms with E-state index >= 15 is 0 Å². The highest BCUT2D eigenvalue weighted by Crippen LogP contribution is 2.19. The molecular formula is C25H21N3O5. The standard InChI is InChI=1S/C25H21N3O5/c29-22(26-20-11-13-21(14-12-20)33-17-19-9-5-2-6-10-19)16-28-24(31)23(30)27(25(28)32)15-18-7-3-1-4-8-18/h1-14H,15-17H2,(H,26,29). The van der Waals surface area contributed by atoms with Crippen molar-refractivity contribution in [3.63, 3.8) is 0 Å². The van der Waals surface area contributed by atoms with Crippen molar-refractivity contribution in [2.75, 3.05) is 11.9 Å². The van der Waals surface area contributed by atoms with Crippen molar-refractivity contribution in [3.05, 3.63) is 96.1 Å². The summed E-state index contributed by atoms with van der Waals surface area (Å²) in [5.41, 5.74) is 2.21. The summed E-state index contributed by atoms with van der Waals surface area (Å²) in [6, 6.07) is 24.4. The minimum absolute atomic E-state index is 0.0349. The van der Waals surface area contributed by atoms with E-state index in [2.05, 4.69) is 5.32 Å². The average Bonchev–Trinajstić information content (AvgIpc) is 3.03. The van der Waals surface area contributed by atoms with Gasteiger partial charge in [0.05, 0.1) is 6.54 Å². The average molecular weight is 443 g/mol. The van der Waals surface area contributed by atoms with Crippen LogP contribution in [-0.4, -0.2) is 40.1 Å². The van der Waals surface area contributed by atoms with Gasteiger partial charge < -0.3 is 10.1 Å². The van der Waals surface area contributed by atoms with Crippen LogP contribution in [0.25, 0.3) is 0 Å². The summed E-state index contributed by atoms with van der Waals surface area (Å²) in [5, 5.41) is 2.62. The molecule has 1 heterocycles. The van der Waals surface area contributed by atoms with Crippen molar-refractivity contribution >= 4 is 29.4 Å². The van der Waals surface area contributed by atoms with E-state index in [1.165, 1.54) is 0 Å². The summed E-state index contributed by atoms with van der Waals surface area (Å²) in [6.07, 6.45) is 0. The van der Waals surface area contributed by atoms with E-state index in [-0.39, 0.29) is 6.54 Å². The first-order chi connectivity index (χ1) is 16.0. The van der Waals surface area contributed by atoms with Gasteiger partial charge in [-0.1, -0.05) is 60.7 Å². The first kappa shape index (κ1) is 21.8. The molecule has 5 amide bonds. The molecule has 0 radical (unpaired) electrons. The van der Waals surface area contributed by atoms with Gasteiger partial charge >= 0.3 is 17.8 Å². The zero-order valence-electron chi connectivity index (χ0n) is 17.6. The quantitative estimate of drug-likeness (QED) is 0.426. The molecule has 0 aliphatic carbocycles. The second-order valence-electron chi connectivity index (χ2n) is 7.40. The Morgan fingerprint density at radius 2 is 1.30 bits per heavy atom. The number of anilines is 1. The van der Waals surface area contributed by atoms with Gasteiger partial charge in [0, 0.05) is 5.69 Å².